The van der Waals surface area contributed by atoms with Gasteiger partial charge in [-0.3, -0.25) is 0 Å². The summed E-state index contributed by atoms with van der Waals surface area (Å²) in [6, 6.07) is 54.2. The number of aromatic nitrogens is 1. The summed E-state index contributed by atoms with van der Waals surface area (Å²) in [6.45, 7) is 0. The van der Waals surface area contributed by atoms with Crippen LogP contribution in [0.2, 0.25) is 0 Å². The Labute approximate surface area is 229 Å². The van der Waals surface area contributed by atoms with Crippen LogP contribution in [0.25, 0.3) is 49.7 Å². The van der Waals surface area contributed by atoms with Crippen LogP contribution in [-0.4, -0.2) is 11.6 Å². The van der Waals surface area contributed by atoms with Crippen molar-refractivity contribution in [3.63, 3.8) is 0 Å². The van der Waals surface area contributed by atoms with Crippen LogP contribution in [0.3, 0.4) is 0 Å². The summed E-state index contributed by atoms with van der Waals surface area (Å²) in [5.41, 5.74) is 10.9. The Hall–Kier alpha value is -5.08. The van der Waals surface area contributed by atoms with E-state index in [9.17, 15) is 0 Å². The molecule has 2 heteroatoms. The third-order valence-corrected chi connectivity index (χ3v) is 7.64. The maximum absolute atomic E-state index is 2.36. The van der Waals surface area contributed by atoms with Gasteiger partial charge in [-0.25, -0.2) is 0 Å². The summed E-state index contributed by atoms with van der Waals surface area (Å²) in [5, 5.41) is 2.54. The normalized spacial score (nSPS) is 11.2. The molecule has 39 heavy (non-hydrogen) atoms. The third-order valence-electron chi connectivity index (χ3n) is 7.64. The third kappa shape index (κ3) is 4.17. The van der Waals surface area contributed by atoms with Crippen molar-refractivity contribution in [1.29, 1.82) is 0 Å². The van der Waals surface area contributed by atoms with Gasteiger partial charge in [0.05, 0.1) is 11.0 Å². The van der Waals surface area contributed by atoms with Crippen LogP contribution < -0.4 is 4.90 Å². The van der Waals surface area contributed by atoms with Gasteiger partial charge in [0, 0.05) is 34.9 Å². The first kappa shape index (κ1) is 23.1. The number of para-hydroxylation sites is 2. The number of anilines is 2. The number of hydrogen-bond acceptors (Lipinski definition) is 1. The number of rotatable bonds is 5. The topological polar surface area (TPSA) is 8.17 Å². The van der Waals surface area contributed by atoms with Gasteiger partial charge in [0.15, 0.2) is 0 Å². The minimum absolute atomic E-state index is 1.16. The maximum Gasteiger partial charge on any atom is 0.0541 e. The second-order valence-electron chi connectivity index (χ2n) is 9.94. The molecule has 6 aromatic carbocycles. The number of nitrogens with zero attached hydrogens (tertiary/aromatic N) is 2. The van der Waals surface area contributed by atoms with Crippen LogP contribution in [0.1, 0.15) is 0 Å². The van der Waals surface area contributed by atoms with Crippen LogP contribution in [0.4, 0.5) is 11.4 Å². The SMILES string of the molecule is CN(c1ccc(-c2ccccc2)cc1)c1ccc(-c2ccc3c(c2)c2ccccc2n3-c2ccccc2)cc1. The highest BCUT2D eigenvalue weighted by molar-refractivity contribution is 6.10. The van der Waals surface area contributed by atoms with Crippen LogP contribution in [0.5, 0.6) is 0 Å². The summed E-state index contributed by atoms with van der Waals surface area (Å²) in [4.78, 5) is 2.23. The zero-order valence-corrected chi connectivity index (χ0v) is 21.8. The Morgan fingerprint density at radius 1 is 0.410 bits per heavy atom. The van der Waals surface area contributed by atoms with Gasteiger partial charge < -0.3 is 9.47 Å². The smallest absolute Gasteiger partial charge is 0.0541 e. The molecule has 0 radical (unpaired) electrons. The molecule has 2 nitrogen and oxygen atoms in total. The van der Waals surface area contributed by atoms with Crippen LogP contribution >= 0.6 is 0 Å². The lowest BCUT2D eigenvalue weighted by Crippen LogP contribution is -2.08. The minimum atomic E-state index is 1.16. The Balaban J connectivity index is 1.21. The van der Waals surface area contributed by atoms with E-state index in [2.05, 4.69) is 168 Å². The molecule has 0 aliphatic heterocycles. The van der Waals surface area contributed by atoms with E-state index in [4.69, 9.17) is 0 Å². The lowest BCUT2D eigenvalue weighted by atomic mass is 10.0. The number of benzene rings is 6. The van der Waals surface area contributed by atoms with Gasteiger partial charge in [-0.15, -0.1) is 0 Å². The van der Waals surface area contributed by atoms with Crippen molar-refractivity contribution in [2.24, 2.45) is 0 Å². The maximum atomic E-state index is 2.36. The first-order valence-corrected chi connectivity index (χ1v) is 13.3. The number of hydrogen-bond donors (Lipinski definition) is 0. The fraction of sp³-hybridized carbons (Fsp3) is 0.0270. The average Bonchev–Trinajstić information content (AvgIpc) is 3.35. The predicted molar refractivity (Wildman–Crippen MR) is 166 cm³/mol. The lowest BCUT2D eigenvalue weighted by Gasteiger charge is -2.20. The molecule has 0 unspecified atom stereocenters. The van der Waals surface area contributed by atoms with E-state index in [1.807, 2.05) is 0 Å². The monoisotopic (exact) mass is 500 g/mol. The van der Waals surface area contributed by atoms with Crippen LogP contribution in [0, 0.1) is 0 Å². The molecule has 0 fully saturated rings. The minimum Gasteiger partial charge on any atom is -0.345 e. The summed E-state index contributed by atoms with van der Waals surface area (Å²) in [6.07, 6.45) is 0. The molecule has 7 rings (SSSR count). The second-order valence-corrected chi connectivity index (χ2v) is 9.94. The lowest BCUT2D eigenvalue weighted by molar-refractivity contribution is 1.18. The molecule has 186 valence electrons. The van der Waals surface area contributed by atoms with Gasteiger partial charge in [0.25, 0.3) is 0 Å². The summed E-state index contributed by atoms with van der Waals surface area (Å²) >= 11 is 0. The zero-order chi connectivity index (χ0) is 26.2. The molecule has 0 aliphatic rings. The van der Waals surface area contributed by atoms with E-state index >= 15 is 0 Å². The molecular formula is C37H28N2. The highest BCUT2D eigenvalue weighted by Gasteiger charge is 2.13. The van der Waals surface area contributed by atoms with E-state index in [1.165, 1.54) is 49.7 Å². The van der Waals surface area contributed by atoms with Crippen molar-refractivity contribution in [2.75, 3.05) is 11.9 Å². The van der Waals surface area contributed by atoms with E-state index < -0.39 is 0 Å². The molecular weight excluding hydrogens is 472 g/mol. The average molecular weight is 501 g/mol. The molecule has 1 aromatic heterocycles. The van der Waals surface area contributed by atoms with Crippen molar-refractivity contribution in [3.8, 4) is 27.9 Å². The largest absolute Gasteiger partial charge is 0.345 e. The summed E-state index contributed by atoms with van der Waals surface area (Å²) in [7, 11) is 2.12. The van der Waals surface area contributed by atoms with Crippen molar-refractivity contribution >= 4 is 33.2 Å². The fourth-order valence-corrected chi connectivity index (χ4v) is 5.54. The molecule has 0 saturated heterocycles. The molecule has 0 atom stereocenters. The van der Waals surface area contributed by atoms with E-state index in [0.717, 1.165) is 11.4 Å². The highest BCUT2D eigenvalue weighted by atomic mass is 15.1. The molecule has 0 amide bonds. The second kappa shape index (κ2) is 9.66. The van der Waals surface area contributed by atoms with Crippen molar-refractivity contribution < 1.29 is 0 Å². The zero-order valence-electron chi connectivity index (χ0n) is 21.8. The van der Waals surface area contributed by atoms with E-state index in [1.54, 1.807) is 0 Å². The van der Waals surface area contributed by atoms with Gasteiger partial charge in [-0.1, -0.05) is 97.1 Å². The molecule has 0 N–H and O–H groups in total. The molecule has 7 aromatic rings. The Morgan fingerprint density at radius 2 is 0.897 bits per heavy atom. The molecule has 0 spiro atoms. The van der Waals surface area contributed by atoms with Gasteiger partial charge >= 0.3 is 0 Å². The summed E-state index contributed by atoms with van der Waals surface area (Å²) < 4.78 is 2.36. The van der Waals surface area contributed by atoms with E-state index in [0.29, 0.717) is 0 Å². The molecule has 0 bridgehead atoms. The van der Waals surface area contributed by atoms with Crippen LogP contribution in [-0.2, 0) is 0 Å². The van der Waals surface area contributed by atoms with Crippen molar-refractivity contribution in [3.05, 3.63) is 152 Å². The van der Waals surface area contributed by atoms with E-state index in [-0.39, 0.29) is 0 Å². The quantitative estimate of drug-likeness (QED) is 0.228. The molecule has 1 heterocycles. The Bertz CT molecular complexity index is 1880. The fourth-order valence-electron chi connectivity index (χ4n) is 5.54. The van der Waals surface area contributed by atoms with Gasteiger partial charge in [0.2, 0.25) is 0 Å². The highest BCUT2D eigenvalue weighted by Crippen LogP contribution is 2.35. The number of fused-ring (bicyclic) bond motifs is 3. The first-order chi connectivity index (χ1) is 19.3. The predicted octanol–water partition coefficient (Wildman–Crippen LogP) is 9.89. The van der Waals surface area contributed by atoms with Crippen molar-refractivity contribution in [2.45, 2.75) is 0 Å². The van der Waals surface area contributed by atoms with Gasteiger partial charge in [-0.2, -0.15) is 0 Å². The standard InChI is InChI=1S/C37H28N2/c1-38(31-21-16-28(17-22-31)27-10-4-2-5-11-27)32-23-18-29(19-24-32)30-20-25-37-35(26-30)34-14-8-9-15-36(34)39(37)33-12-6-3-7-13-33/h2-26H,1H3. The molecule has 0 aliphatic carbocycles. The Kier molecular flexibility index (Phi) is 5.71. The van der Waals surface area contributed by atoms with Crippen molar-refractivity contribution in [1.82, 2.24) is 4.57 Å². The Morgan fingerprint density at radius 3 is 1.56 bits per heavy atom. The van der Waals surface area contributed by atoms with Gasteiger partial charge in [-0.05, 0) is 76.9 Å². The van der Waals surface area contributed by atoms with Gasteiger partial charge in [0.1, 0.15) is 0 Å². The summed E-state index contributed by atoms with van der Waals surface area (Å²) in [5.74, 6) is 0. The first-order valence-electron chi connectivity index (χ1n) is 13.3. The molecule has 0 saturated carbocycles. The van der Waals surface area contributed by atoms with Crippen LogP contribution in [0.15, 0.2) is 152 Å².